The first kappa shape index (κ1) is 20.5. The van der Waals surface area contributed by atoms with Gasteiger partial charge >= 0.3 is 0 Å². The van der Waals surface area contributed by atoms with Crippen molar-refractivity contribution in [3.63, 3.8) is 0 Å². The summed E-state index contributed by atoms with van der Waals surface area (Å²) in [7, 11) is 0. The molecule has 9 nitrogen and oxygen atoms in total. The highest BCUT2D eigenvalue weighted by molar-refractivity contribution is 6.33. The van der Waals surface area contributed by atoms with Crippen LogP contribution in [0.15, 0.2) is 30.3 Å². The van der Waals surface area contributed by atoms with Gasteiger partial charge in [-0.05, 0) is 49.9 Å². The largest absolute Gasteiger partial charge is 0.366 e. The van der Waals surface area contributed by atoms with Crippen molar-refractivity contribution in [2.45, 2.75) is 26.2 Å². The Morgan fingerprint density at radius 3 is 2.31 bits per heavy atom. The number of rotatable bonds is 5. The number of nitrogens with zero attached hydrogens (tertiary/aromatic N) is 3. The molecule has 0 bridgehead atoms. The van der Waals surface area contributed by atoms with Crippen molar-refractivity contribution in [2.75, 3.05) is 23.3 Å². The second-order valence-electron chi connectivity index (χ2n) is 6.84. The number of nitro benzene ring substituents is 2. The lowest BCUT2D eigenvalue weighted by Crippen LogP contribution is -2.30. The Labute approximate surface area is 171 Å². The van der Waals surface area contributed by atoms with E-state index in [-0.39, 0.29) is 22.0 Å². The highest BCUT2D eigenvalue weighted by Crippen LogP contribution is 2.33. The van der Waals surface area contributed by atoms with Crippen LogP contribution in [0.4, 0.5) is 22.7 Å². The Morgan fingerprint density at radius 2 is 1.69 bits per heavy atom. The molecule has 0 unspecified atom stereocenters. The zero-order valence-electron chi connectivity index (χ0n) is 15.7. The number of nitrogens with one attached hydrogen (secondary N) is 1. The van der Waals surface area contributed by atoms with E-state index in [1.807, 2.05) is 4.90 Å². The number of hydrogen-bond donors (Lipinski definition) is 1. The number of amides is 1. The summed E-state index contributed by atoms with van der Waals surface area (Å²) in [6.45, 7) is 3.08. The number of aryl methyl sites for hydroxylation is 1. The van der Waals surface area contributed by atoms with E-state index in [9.17, 15) is 25.0 Å². The topological polar surface area (TPSA) is 119 Å². The number of nitro groups is 2. The number of piperidine rings is 1. The van der Waals surface area contributed by atoms with E-state index in [2.05, 4.69) is 5.32 Å². The van der Waals surface area contributed by atoms with Gasteiger partial charge in [0.25, 0.3) is 17.3 Å². The van der Waals surface area contributed by atoms with E-state index < -0.39 is 15.8 Å². The molecule has 1 aliphatic heterocycles. The molecule has 2 aromatic rings. The molecule has 2 aromatic carbocycles. The number of hydrogen-bond acceptors (Lipinski definition) is 6. The summed E-state index contributed by atoms with van der Waals surface area (Å²) in [6, 6.07) is 6.94. The Bertz CT molecular complexity index is 989. The molecule has 0 spiro atoms. The van der Waals surface area contributed by atoms with E-state index in [0.29, 0.717) is 16.9 Å². The fourth-order valence-corrected chi connectivity index (χ4v) is 3.58. The average Bonchev–Trinajstić information content (AvgIpc) is 2.70. The summed E-state index contributed by atoms with van der Waals surface area (Å²) in [4.78, 5) is 36.0. The van der Waals surface area contributed by atoms with Gasteiger partial charge in [-0.1, -0.05) is 11.6 Å². The molecule has 152 valence electrons. The summed E-state index contributed by atoms with van der Waals surface area (Å²) in [6.07, 6.45) is 3.04. The fraction of sp³-hybridized carbons (Fsp3) is 0.316. The lowest BCUT2D eigenvalue weighted by molar-refractivity contribution is -0.384. The summed E-state index contributed by atoms with van der Waals surface area (Å²) >= 11 is 5.91. The first-order valence-corrected chi connectivity index (χ1v) is 9.45. The van der Waals surface area contributed by atoms with Crippen LogP contribution < -0.4 is 10.2 Å². The van der Waals surface area contributed by atoms with Gasteiger partial charge in [-0.25, -0.2) is 0 Å². The lowest BCUT2D eigenvalue weighted by atomic mass is 10.1. The Balaban J connectivity index is 1.88. The zero-order valence-corrected chi connectivity index (χ0v) is 16.4. The highest BCUT2D eigenvalue weighted by atomic mass is 35.5. The van der Waals surface area contributed by atoms with Crippen molar-refractivity contribution in [1.29, 1.82) is 0 Å². The minimum absolute atomic E-state index is 0.109. The summed E-state index contributed by atoms with van der Waals surface area (Å²) < 4.78 is 0. The molecular formula is C19H19ClN4O5. The number of carbonyl (C=O) groups is 1. The fourth-order valence-electron chi connectivity index (χ4n) is 3.35. The van der Waals surface area contributed by atoms with Crippen molar-refractivity contribution >= 4 is 40.3 Å². The molecule has 0 radical (unpaired) electrons. The molecule has 1 N–H and O–H groups in total. The van der Waals surface area contributed by atoms with Gasteiger partial charge in [0.2, 0.25) is 0 Å². The minimum Gasteiger partial charge on any atom is -0.366 e. The standard InChI is InChI=1S/C19H19ClN4O5/c1-12-9-17(23(26)27)14(20)11-15(12)21-19(25)13-5-6-16(18(10-13)24(28)29)22-7-3-2-4-8-22/h5-6,9-11H,2-4,7-8H2,1H3,(H,21,25). The van der Waals surface area contributed by atoms with E-state index in [1.165, 1.54) is 24.3 Å². The maximum Gasteiger partial charge on any atom is 0.293 e. The summed E-state index contributed by atoms with van der Waals surface area (Å²) in [5.74, 6) is -0.564. The maximum atomic E-state index is 12.6. The Morgan fingerprint density at radius 1 is 1.03 bits per heavy atom. The van der Waals surface area contributed by atoms with Crippen LogP contribution in [0.3, 0.4) is 0 Å². The van der Waals surface area contributed by atoms with E-state index in [0.717, 1.165) is 32.4 Å². The number of benzene rings is 2. The molecule has 0 aliphatic carbocycles. The van der Waals surface area contributed by atoms with Crippen LogP contribution in [0.25, 0.3) is 0 Å². The first-order valence-electron chi connectivity index (χ1n) is 9.07. The van der Waals surface area contributed by atoms with Gasteiger partial charge in [0, 0.05) is 36.5 Å². The van der Waals surface area contributed by atoms with Crippen LogP contribution in [0, 0.1) is 27.2 Å². The molecule has 0 atom stereocenters. The smallest absolute Gasteiger partial charge is 0.293 e. The molecule has 1 amide bonds. The van der Waals surface area contributed by atoms with Crippen molar-refractivity contribution < 1.29 is 14.6 Å². The molecule has 1 fully saturated rings. The van der Waals surface area contributed by atoms with Crippen LogP contribution in [-0.2, 0) is 0 Å². The van der Waals surface area contributed by atoms with Gasteiger partial charge in [0.1, 0.15) is 10.7 Å². The van der Waals surface area contributed by atoms with Crippen molar-refractivity contribution in [1.82, 2.24) is 0 Å². The van der Waals surface area contributed by atoms with E-state index in [4.69, 9.17) is 11.6 Å². The predicted molar refractivity (Wildman–Crippen MR) is 110 cm³/mol. The zero-order chi connectivity index (χ0) is 21.1. The maximum absolute atomic E-state index is 12.6. The van der Waals surface area contributed by atoms with Crippen LogP contribution in [0.2, 0.25) is 5.02 Å². The van der Waals surface area contributed by atoms with Crippen LogP contribution >= 0.6 is 11.6 Å². The molecule has 0 saturated carbocycles. The van der Waals surface area contributed by atoms with Gasteiger partial charge < -0.3 is 10.2 Å². The van der Waals surface area contributed by atoms with Gasteiger partial charge in [-0.2, -0.15) is 0 Å². The Kier molecular flexibility index (Phi) is 5.97. The van der Waals surface area contributed by atoms with Gasteiger partial charge in [-0.15, -0.1) is 0 Å². The summed E-state index contributed by atoms with van der Waals surface area (Å²) in [5, 5.41) is 25.0. The van der Waals surface area contributed by atoms with Crippen LogP contribution in [0.5, 0.6) is 0 Å². The van der Waals surface area contributed by atoms with Gasteiger partial charge in [-0.3, -0.25) is 25.0 Å². The van der Waals surface area contributed by atoms with Crippen LogP contribution in [0.1, 0.15) is 35.2 Å². The third-order valence-corrected chi connectivity index (χ3v) is 5.17. The number of carbonyl (C=O) groups excluding carboxylic acids is 1. The SMILES string of the molecule is Cc1cc([N+](=O)[O-])c(Cl)cc1NC(=O)c1ccc(N2CCCCC2)c([N+](=O)[O-])c1. The lowest BCUT2D eigenvalue weighted by Gasteiger charge is -2.28. The predicted octanol–water partition coefficient (Wildman–Crippen LogP) is 4.71. The third-order valence-electron chi connectivity index (χ3n) is 4.87. The van der Waals surface area contributed by atoms with Crippen molar-refractivity contribution in [2.24, 2.45) is 0 Å². The average molecular weight is 419 g/mol. The molecule has 1 saturated heterocycles. The normalized spacial score (nSPS) is 13.8. The van der Waals surface area contributed by atoms with Crippen LogP contribution in [-0.4, -0.2) is 28.8 Å². The minimum atomic E-state index is -0.608. The quantitative estimate of drug-likeness (QED) is 0.554. The Hall–Kier alpha value is -3.20. The molecular weight excluding hydrogens is 400 g/mol. The van der Waals surface area contributed by atoms with Gasteiger partial charge in [0.05, 0.1) is 9.85 Å². The van der Waals surface area contributed by atoms with Crippen molar-refractivity contribution in [3.05, 3.63) is 66.7 Å². The monoisotopic (exact) mass is 418 g/mol. The second-order valence-corrected chi connectivity index (χ2v) is 7.25. The molecule has 0 aromatic heterocycles. The molecule has 3 rings (SSSR count). The van der Waals surface area contributed by atoms with E-state index >= 15 is 0 Å². The number of halogens is 1. The highest BCUT2D eigenvalue weighted by Gasteiger charge is 2.24. The first-order chi connectivity index (χ1) is 13.8. The molecule has 1 heterocycles. The van der Waals surface area contributed by atoms with Gasteiger partial charge in [0.15, 0.2) is 0 Å². The summed E-state index contributed by atoms with van der Waals surface area (Å²) in [5.41, 5.74) is 0.982. The van der Waals surface area contributed by atoms with Crippen molar-refractivity contribution in [3.8, 4) is 0 Å². The molecule has 1 aliphatic rings. The molecule has 10 heteroatoms. The molecule has 29 heavy (non-hydrogen) atoms. The van der Waals surface area contributed by atoms with E-state index in [1.54, 1.807) is 13.0 Å². The number of anilines is 2. The second kappa shape index (κ2) is 8.44. The third kappa shape index (κ3) is 4.45.